The topological polar surface area (TPSA) is 70.0 Å². The number of aliphatic hydroxyl groups is 1. The van der Waals surface area contributed by atoms with Gasteiger partial charge in [0.2, 0.25) is 0 Å². The van der Waals surface area contributed by atoms with Crippen molar-refractivity contribution in [2.24, 2.45) is 11.8 Å². The second kappa shape index (κ2) is 9.43. The van der Waals surface area contributed by atoms with Crippen LogP contribution in [0.3, 0.4) is 0 Å². The number of anilines is 1. The smallest absolute Gasteiger partial charge is 0.335 e. The molecule has 1 fully saturated rings. The minimum atomic E-state index is -0.931. The Morgan fingerprint density at radius 3 is 2.85 bits per heavy atom. The van der Waals surface area contributed by atoms with Gasteiger partial charge in [0.15, 0.2) is 0 Å². The van der Waals surface area contributed by atoms with Gasteiger partial charge in [-0.15, -0.1) is 0 Å². The van der Waals surface area contributed by atoms with E-state index in [1.54, 1.807) is 18.2 Å². The lowest BCUT2D eigenvalue weighted by atomic mass is 9.68. The number of benzene rings is 2. The number of hydrogen-bond donors (Lipinski definition) is 2. The van der Waals surface area contributed by atoms with Crippen LogP contribution in [0.25, 0.3) is 0 Å². The van der Waals surface area contributed by atoms with E-state index in [0.29, 0.717) is 18.4 Å². The van der Waals surface area contributed by atoms with Gasteiger partial charge >= 0.3 is 5.97 Å². The molecule has 2 N–H and O–H groups in total. The van der Waals surface area contributed by atoms with Crippen molar-refractivity contribution >= 4 is 23.3 Å². The van der Waals surface area contributed by atoms with Gasteiger partial charge in [-0.3, -0.25) is 0 Å². The first-order valence-corrected chi connectivity index (χ1v) is 13.0. The highest BCUT2D eigenvalue weighted by Crippen LogP contribution is 2.46. The first-order valence-electron chi connectivity index (χ1n) is 12.6. The maximum Gasteiger partial charge on any atom is 0.335 e. The van der Waals surface area contributed by atoms with E-state index in [9.17, 15) is 15.0 Å². The molecule has 2 aromatic carbocycles. The molecule has 0 aromatic heterocycles. The van der Waals surface area contributed by atoms with E-state index >= 15 is 0 Å². The third-order valence-corrected chi connectivity index (χ3v) is 8.53. The van der Waals surface area contributed by atoms with Crippen molar-refractivity contribution in [2.45, 2.75) is 63.4 Å². The molecule has 1 spiro atoms. The van der Waals surface area contributed by atoms with Gasteiger partial charge in [-0.1, -0.05) is 31.0 Å². The minimum Gasteiger partial charge on any atom is -0.490 e. The molecule has 1 heterocycles. The summed E-state index contributed by atoms with van der Waals surface area (Å²) < 4.78 is 6.42. The number of hydrogen-bond acceptors (Lipinski definition) is 4. The lowest BCUT2D eigenvalue weighted by molar-refractivity contribution is 0.0102. The van der Waals surface area contributed by atoms with E-state index in [4.69, 9.17) is 16.3 Å². The third kappa shape index (κ3) is 4.29. The summed E-state index contributed by atoms with van der Waals surface area (Å²) in [6.07, 6.45) is 6.82. The summed E-state index contributed by atoms with van der Waals surface area (Å²) in [5.74, 6) is 0.516. The molecule has 1 saturated carbocycles. The standard InChI is InChI=1S/C28H34ClNO4/c1-2-4-25(31)22-9-6-20(22)15-30-16-28(12-3-5-18-13-21(29)8-10-23(18)28)17-34-26-11-7-19(27(32)33)14-24(26)30/h7-8,10-11,13-14,20,22,25,31H,2-6,9,12,15-17H2,1H3,(H,32,33)/t20-,22+,25-,28-/m0/s1. The van der Waals surface area contributed by atoms with Crippen molar-refractivity contribution in [2.75, 3.05) is 24.6 Å². The zero-order chi connectivity index (χ0) is 23.9. The van der Waals surface area contributed by atoms with E-state index in [1.165, 1.54) is 11.1 Å². The molecule has 5 rings (SSSR count). The van der Waals surface area contributed by atoms with Crippen LogP contribution in [-0.4, -0.2) is 42.0 Å². The van der Waals surface area contributed by atoms with Crippen molar-refractivity contribution < 1.29 is 19.7 Å². The SMILES string of the molecule is CCC[C@H](O)[C@@H]1CC[C@H]1CN1C[C@@]2(CCCc3cc(Cl)ccc32)COc2ccc(C(=O)O)cc21. The monoisotopic (exact) mass is 483 g/mol. The number of halogens is 1. The molecule has 2 aliphatic carbocycles. The molecule has 0 saturated heterocycles. The Morgan fingerprint density at radius 2 is 2.12 bits per heavy atom. The summed E-state index contributed by atoms with van der Waals surface area (Å²) >= 11 is 6.33. The number of rotatable bonds is 6. The number of aromatic carboxylic acids is 1. The summed E-state index contributed by atoms with van der Waals surface area (Å²) in [5.41, 5.74) is 3.54. The quantitative estimate of drug-likeness (QED) is 0.551. The van der Waals surface area contributed by atoms with Gasteiger partial charge < -0.3 is 19.8 Å². The second-order valence-electron chi connectivity index (χ2n) is 10.4. The van der Waals surface area contributed by atoms with Crippen LogP contribution < -0.4 is 9.64 Å². The normalized spacial score (nSPS) is 26.6. The highest BCUT2D eigenvalue weighted by atomic mass is 35.5. The molecular formula is C28H34ClNO4. The molecule has 4 atom stereocenters. The Labute approximate surface area is 206 Å². The molecule has 0 unspecified atom stereocenters. The van der Waals surface area contributed by atoms with Crippen molar-refractivity contribution in [3.63, 3.8) is 0 Å². The molecular weight excluding hydrogens is 450 g/mol. The molecule has 3 aliphatic rings. The predicted molar refractivity (Wildman–Crippen MR) is 134 cm³/mol. The average Bonchev–Trinajstić information content (AvgIpc) is 2.94. The Kier molecular flexibility index (Phi) is 6.51. The first kappa shape index (κ1) is 23.5. The summed E-state index contributed by atoms with van der Waals surface area (Å²) in [5, 5.41) is 21.1. The zero-order valence-corrected chi connectivity index (χ0v) is 20.6. The van der Waals surface area contributed by atoms with Gasteiger partial charge in [0, 0.05) is 23.5 Å². The number of carbonyl (C=O) groups is 1. The van der Waals surface area contributed by atoms with Crippen LogP contribution in [-0.2, 0) is 11.8 Å². The molecule has 182 valence electrons. The number of fused-ring (bicyclic) bond motifs is 3. The van der Waals surface area contributed by atoms with E-state index in [0.717, 1.165) is 74.5 Å². The third-order valence-electron chi connectivity index (χ3n) is 8.29. The van der Waals surface area contributed by atoms with E-state index in [2.05, 4.69) is 24.0 Å². The fourth-order valence-corrected chi connectivity index (χ4v) is 6.56. The Balaban J connectivity index is 1.52. The zero-order valence-electron chi connectivity index (χ0n) is 19.8. The molecule has 1 aliphatic heterocycles. The number of carboxylic acids is 1. The van der Waals surface area contributed by atoms with E-state index < -0.39 is 5.97 Å². The van der Waals surface area contributed by atoms with Crippen molar-refractivity contribution in [3.05, 3.63) is 58.1 Å². The molecule has 2 aromatic rings. The number of aliphatic hydroxyl groups excluding tert-OH is 1. The highest BCUT2D eigenvalue weighted by molar-refractivity contribution is 6.30. The van der Waals surface area contributed by atoms with Gasteiger partial charge in [0.1, 0.15) is 5.75 Å². The molecule has 5 nitrogen and oxygen atoms in total. The van der Waals surface area contributed by atoms with Crippen LogP contribution in [0.2, 0.25) is 5.02 Å². The predicted octanol–water partition coefficient (Wildman–Crippen LogP) is 5.70. The minimum absolute atomic E-state index is 0.179. The second-order valence-corrected chi connectivity index (χ2v) is 10.9. The van der Waals surface area contributed by atoms with Gasteiger partial charge in [-0.25, -0.2) is 4.79 Å². The summed E-state index contributed by atoms with van der Waals surface area (Å²) in [6, 6.07) is 11.4. The fourth-order valence-electron chi connectivity index (χ4n) is 6.37. The largest absolute Gasteiger partial charge is 0.490 e. The lowest BCUT2D eigenvalue weighted by Crippen LogP contribution is -2.49. The van der Waals surface area contributed by atoms with Crippen molar-refractivity contribution in [1.82, 2.24) is 0 Å². The van der Waals surface area contributed by atoms with Crippen LogP contribution in [0.4, 0.5) is 5.69 Å². The van der Waals surface area contributed by atoms with Gasteiger partial charge in [0.25, 0.3) is 0 Å². The summed E-state index contributed by atoms with van der Waals surface area (Å²) in [6.45, 7) is 4.24. The number of carboxylic acid groups (broad SMARTS) is 1. The van der Waals surface area contributed by atoms with Gasteiger partial charge in [-0.2, -0.15) is 0 Å². The van der Waals surface area contributed by atoms with Crippen molar-refractivity contribution in [3.8, 4) is 5.75 Å². The van der Waals surface area contributed by atoms with E-state index in [1.807, 2.05) is 6.07 Å². The van der Waals surface area contributed by atoms with Crippen LogP contribution in [0.15, 0.2) is 36.4 Å². The lowest BCUT2D eigenvalue weighted by Gasteiger charge is -2.45. The molecule has 0 amide bonds. The van der Waals surface area contributed by atoms with Crippen LogP contribution in [0.1, 0.15) is 66.9 Å². The summed E-state index contributed by atoms with van der Waals surface area (Å²) in [7, 11) is 0. The summed E-state index contributed by atoms with van der Waals surface area (Å²) in [4.78, 5) is 14.1. The molecule has 34 heavy (non-hydrogen) atoms. The average molecular weight is 484 g/mol. The van der Waals surface area contributed by atoms with Gasteiger partial charge in [-0.05, 0) is 91.8 Å². The number of nitrogens with zero attached hydrogens (tertiary/aromatic N) is 1. The van der Waals surface area contributed by atoms with Crippen molar-refractivity contribution in [1.29, 1.82) is 0 Å². The number of ether oxygens (including phenoxy) is 1. The van der Waals surface area contributed by atoms with E-state index in [-0.39, 0.29) is 17.1 Å². The highest BCUT2D eigenvalue weighted by Gasteiger charge is 2.44. The van der Waals surface area contributed by atoms with Crippen LogP contribution >= 0.6 is 11.6 Å². The van der Waals surface area contributed by atoms with Crippen LogP contribution in [0.5, 0.6) is 5.75 Å². The molecule has 0 radical (unpaired) electrons. The van der Waals surface area contributed by atoms with Gasteiger partial charge in [0.05, 0.1) is 24.0 Å². The maximum absolute atomic E-state index is 11.8. The Bertz CT molecular complexity index is 1070. The first-order chi connectivity index (χ1) is 16.4. The van der Waals surface area contributed by atoms with Crippen LogP contribution in [0, 0.1) is 11.8 Å². The fraction of sp³-hybridized carbons (Fsp3) is 0.536. The Morgan fingerprint density at radius 1 is 1.26 bits per heavy atom. The molecule has 6 heteroatoms. The molecule has 0 bridgehead atoms. The maximum atomic E-state index is 11.8. The Hall–Kier alpha value is -2.24. The number of aryl methyl sites for hydroxylation is 1.